The van der Waals surface area contributed by atoms with Crippen molar-refractivity contribution in [1.82, 2.24) is 5.32 Å². The zero-order valence-electron chi connectivity index (χ0n) is 10.3. The van der Waals surface area contributed by atoms with Gasteiger partial charge in [0.2, 0.25) is 5.91 Å². The number of nitrogens with two attached hydrogens (primary N) is 1. The number of benzene rings is 1. The number of nitrogens with one attached hydrogen (secondary N) is 1. The first-order valence-corrected chi connectivity index (χ1v) is 5.87. The third-order valence-corrected chi connectivity index (χ3v) is 2.70. The number of carbonyl (C=O) groups excluding carboxylic acids is 1. The van der Waals surface area contributed by atoms with Crippen molar-refractivity contribution in [2.24, 2.45) is 5.73 Å². The lowest BCUT2D eigenvalue weighted by Crippen LogP contribution is -2.41. The second-order valence-corrected chi connectivity index (χ2v) is 4.10. The van der Waals surface area contributed by atoms with Crippen LogP contribution < -0.4 is 11.1 Å². The molecular formula is C13H18N2O3. The van der Waals surface area contributed by atoms with E-state index in [0.29, 0.717) is 12.0 Å². The Balaban J connectivity index is 2.61. The second-order valence-electron chi connectivity index (χ2n) is 4.10. The summed E-state index contributed by atoms with van der Waals surface area (Å²) in [6.45, 7) is 1.82. The van der Waals surface area contributed by atoms with Crippen LogP contribution in [0.1, 0.15) is 31.4 Å². The van der Waals surface area contributed by atoms with Gasteiger partial charge in [0, 0.05) is 6.04 Å². The lowest BCUT2D eigenvalue weighted by Gasteiger charge is -2.18. The second kappa shape index (κ2) is 6.76. The van der Waals surface area contributed by atoms with Crippen LogP contribution in [0.3, 0.4) is 0 Å². The van der Waals surface area contributed by atoms with E-state index in [0.717, 1.165) is 0 Å². The van der Waals surface area contributed by atoms with Crippen molar-refractivity contribution >= 4 is 11.9 Å². The number of carboxylic acids is 1. The molecule has 0 aliphatic carbocycles. The Bertz CT molecular complexity index is 406. The molecule has 0 saturated carbocycles. The van der Waals surface area contributed by atoms with Gasteiger partial charge in [0.15, 0.2) is 0 Å². The van der Waals surface area contributed by atoms with Crippen LogP contribution >= 0.6 is 0 Å². The molecule has 0 aliphatic heterocycles. The molecule has 1 aromatic carbocycles. The van der Waals surface area contributed by atoms with Crippen LogP contribution in [0.25, 0.3) is 0 Å². The number of carbonyl (C=O) groups is 2. The van der Waals surface area contributed by atoms with E-state index in [-0.39, 0.29) is 18.4 Å². The van der Waals surface area contributed by atoms with E-state index in [1.807, 2.05) is 13.0 Å². The molecular weight excluding hydrogens is 232 g/mol. The molecule has 98 valence electrons. The smallest absolute Gasteiger partial charge is 0.305 e. The molecule has 4 N–H and O–H groups in total. The molecule has 0 saturated heterocycles. The Morgan fingerprint density at radius 3 is 2.44 bits per heavy atom. The quantitative estimate of drug-likeness (QED) is 0.703. The minimum Gasteiger partial charge on any atom is -0.481 e. The molecule has 0 heterocycles. The topological polar surface area (TPSA) is 92.4 Å². The van der Waals surface area contributed by atoms with Crippen LogP contribution in [0.2, 0.25) is 0 Å². The molecule has 0 aliphatic rings. The van der Waals surface area contributed by atoms with Gasteiger partial charge in [-0.05, 0) is 12.0 Å². The third kappa shape index (κ3) is 4.18. The Kier molecular flexibility index (Phi) is 5.32. The van der Waals surface area contributed by atoms with Gasteiger partial charge >= 0.3 is 5.97 Å². The molecule has 0 fully saturated rings. The maximum absolute atomic E-state index is 11.9. The van der Waals surface area contributed by atoms with Gasteiger partial charge in [-0.25, -0.2) is 0 Å². The Hall–Kier alpha value is -1.88. The van der Waals surface area contributed by atoms with Gasteiger partial charge < -0.3 is 16.2 Å². The Labute approximate surface area is 106 Å². The van der Waals surface area contributed by atoms with Crippen LogP contribution in [0.15, 0.2) is 30.3 Å². The van der Waals surface area contributed by atoms with Crippen LogP contribution in [0, 0.1) is 0 Å². The van der Waals surface area contributed by atoms with Crippen LogP contribution in [-0.2, 0) is 9.59 Å². The zero-order chi connectivity index (χ0) is 13.5. The fourth-order valence-electron chi connectivity index (χ4n) is 1.61. The van der Waals surface area contributed by atoms with Crippen LogP contribution in [0.5, 0.6) is 0 Å². The monoisotopic (exact) mass is 250 g/mol. The lowest BCUT2D eigenvalue weighted by molar-refractivity contribution is -0.137. The van der Waals surface area contributed by atoms with Crippen molar-refractivity contribution in [2.75, 3.05) is 0 Å². The summed E-state index contributed by atoms with van der Waals surface area (Å²) in [4.78, 5) is 22.5. The number of rotatable bonds is 6. The molecule has 2 atom stereocenters. The first kappa shape index (κ1) is 14.2. The molecule has 0 radical (unpaired) electrons. The number of hydrogen-bond donors (Lipinski definition) is 3. The average Bonchev–Trinajstić information content (AvgIpc) is 2.37. The minimum atomic E-state index is -0.935. The van der Waals surface area contributed by atoms with Crippen LogP contribution in [-0.4, -0.2) is 23.0 Å². The lowest BCUT2D eigenvalue weighted by atomic mass is 10.1. The van der Waals surface area contributed by atoms with E-state index in [9.17, 15) is 9.59 Å². The highest BCUT2D eigenvalue weighted by molar-refractivity contribution is 5.83. The summed E-state index contributed by atoms with van der Waals surface area (Å²) >= 11 is 0. The first-order chi connectivity index (χ1) is 8.54. The minimum absolute atomic E-state index is 0.0935. The van der Waals surface area contributed by atoms with E-state index in [1.54, 1.807) is 24.3 Å². The van der Waals surface area contributed by atoms with E-state index in [4.69, 9.17) is 10.8 Å². The number of aliphatic carboxylic acids is 1. The summed E-state index contributed by atoms with van der Waals surface area (Å²) in [6.07, 6.45) is 0.462. The maximum atomic E-state index is 11.9. The van der Waals surface area contributed by atoms with Crippen LogP contribution in [0.4, 0.5) is 0 Å². The summed E-state index contributed by atoms with van der Waals surface area (Å²) in [6, 6.07) is 7.82. The largest absolute Gasteiger partial charge is 0.481 e. The van der Waals surface area contributed by atoms with Crippen molar-refractivity contribution in [3.8, 4) is 0 Å². The van der Waals surface area contributed by atoms with Gasteiger partial charge in [-0.2, -0.15) is 0 Å². The van der Waals surface area contributed by atoms with Crippen molar-refractivity contribution in [1.29, 1.82) is 0 Å². The molecule has 5 nitrogen and oxygen atoms in total. The zero-order valence-corrected chi connectivity index (χ0v) is 10.3. The van der Waals surface area contributed by atoms with E-state index < -0.39 is 12.0 Å². The predicted molar refractivity (Wildman–Crippen MR) is 67.8 cm³/mol. The van der Waals surface area contributed by atoms with Gasteiger partial charge in [-0.3, -0.25) is 9.59 Å². The molecule has 1 rings (SSSR count). The maximum Gasteiger partial charge on any atom is 0.305 e. The summed E-state index contributed by atoms with van der Waals surface area (Å²) < 4.78 is 0. The molecule has 0 spiro atoms. The van der Waals surface area contributed by atoms with Gasteiger partial charge in [0.05, 0.1) is 6.42 Å². The van der Waals surface area contributed by atoms with Gasteiger partial charge in [0.25, 0.3) is 0 Å². The van der Waals surface area contributed by atoms with Gasteiger partial charge in [-0.15, -0.1) is 0 Å². The summed E-state index contributed by atoms with van der Waals surface area (Å²) in [7, 11) is 0. The predicted octanol–water partition coefficient (Wildman–Crippen LogP) is 1.06. The van der Waals surface area contributed by atoms with Crippen molar-refractivity contribution in [2.45, 2.75) is 31.8 Å². The highest BCUT2D eigenvalue weighted by Gasteiger charge is 2.19. The molecule has 5 heteroatoms. The van der Waals surface area contributed by atoms with E-state index >= 15 is 0 Å². The first-order valence-electron chi connectivity index (χ1n) is 5.87. The number of carboxylic acid groups (broad SMARTS) is 1. The highest BCUT2D eigenvalue weighted by Crippen LogP contribution is 2.10. The number of amides is 1. The van der Waals surface area contributed by atoms with Crippen molar-refractivity contribution in [3.05, 3.63) is 35.9 Å². The van der Waals surface area contributed by atoms with Crippen molar-refractivity contribution < 1.29 is 14.7 Å². The standard InChI is InChI=1S/C13H18N2O3/c1-2-10(8-11(16)17)15-13(18)12(14)9-6-4-3-5-7-9/h3-7,10,12H,2,8,14H2,1H3,(H,15,18)(H,16,17). The van der Waals surface area contributed by atoms with E-state index in [2.05, 4.69) is 5.32 Å². The van der Waals surface area contributed by atoms with E-state index in [1.165, 1.54) is 0 Å². The fraction of sp³-hybridized carbons (Fsp3) is 0.385. The Morgan fingerprint density at radius 1 is 1.33 bits per heavy atom. The molecule has 0 aromatic heterocycles. The molecule has 18 heavy (non-hydrogen) atoms. The van der Waals surface area contributed by atoms with Crippen molar-refractivity contribution in [3.63, 3.8) is 0 Å². The third-order valence-electron chi connectivity index (χ3n) is 2.70. The normalized spacial score (nSPS) is 13.7. The average molecular weight is 250 g/mol. The fourth-order valence-corrected chi connectivity index (χ4v) is 1.61. The molecule has 0 bridgehead atoms. The molecule has 1 aromatic rings. The summed E-state index contributed by atoms with van der Waals surface area (Å²) in [5, 5.41) is 11.4. The van der Waals surface area contributed by atoms with Gasteiger partial charge in [-0.1, -0.05) is 37.3 Å². The highest BCUT2D eigenvalue weighted by atomic mass is 16.4. The Morgan fingerprint density at radius 2 is 1.94 bits per heavy atom. The number of hydrogen-bond acceptors (Lipinski definition) is 3. The SMILES string of the molecule is CCC(CC(=O)O)NC(=O)C(N)c1ccccc1. The molecule has 1 amide bonds. The van der Waals surface area contributed by atoms with Gasteiger partial charge in [0.1, 0.15) is 6.04 Å². The summed E-state index contributed by atoms with van der Waals surface area (Å²) in [5.41, 5.74) is 6.52. The summed E-state index contributed by atoms with van der Waals surface area (Å²) in [5.74, 6) is -1.29. The molecule has 2 unspecified atom stereocenters.